The number of carbonyl (C=O) groups is 1. The second-order valence-corrected chi connectivity index (χ2v) is 5.58. The molecule has 1 aromatic heterocycles. The highest BCUT2D eigenvalue weighted by Crippen LogP contribution is 2.36. The van der Waals surface area contributed by atoms with Gasteiger partial charge in [-0.1, -0.05) is 18.2 Å². The summed E-state index contributed by atoms with van der Waals surface area (Å²) in [5, 5.41) is 0. The lowest BCUT2D eigenvalue weighted by atomic mass is 10.3. The Labute approximate surface area is 111 Å². The van der Waals surface area contributed by atoms with Gasteiger partial charge in [-0.15, -0.1) is 11.3 Å². The van der Waals surface area contributed by atoms with E-state index in [4.69, 9.17) is 9.47 Å². The molecule has 0 aliphatic heterocycles. The van der Waals surface area contributed by atoms with Crippen molar-refractivity contribution in [3.05, 3.63) is 45.1 Å². The maximum Gasteiger partial charge on any atom is 0.351 e. The number of benzene rings is 1. The number of hydrogen-bond donors (Lipinski definition) is 0. The third-order valence-electron chi connectivity index (χ3n) is 2.01. The van der Waals surface area contributed by atoms with Crippen molar-refractivity contribution in [3.63, 3.8) is 0 Å². The smallest absolute Gasteiger partial charge is 0.351 e. The quantitative estimate of drug-likeness (QED) is 0.801. The van der Waals surface area contributed by atoms with Crippen LogP contribution in [0.3, 0.4) is 0 Å². The predicted octanol–water partition coefficient (Wildman–Crippen LogP) is 4.09. The molecule has 0 unspecified atom stereocenters. The summed E-state index contributed by atoms with van der Waals surface area (Å²) in [5.41, 5.74) is 0. The molecule has 3 nitrogen and oxygen atoms in total. The van der Waals surface area contributed by atoms with Gasteiger partial charge in [-0.05, 0) is 28.1 Å². The normalized spacial score (nSPS) is 10.0. The number of hydrogen-bond acceptors (Lipinski definition) is 4. The maximum atomic E-state index is 11.5. The Morgan fingerprint density at radius 3 is 2.65 bits per heavy atom. The first-order valence-electron chi connectivity index (χ1n) is 4.81. The van der Waals surface area contributed by atoms with Gasteiger partial charge in [0.1, 0.15) is 5.75 Å². The third kappa shape index (κ3) is 2.87. The van der Waals surface area contributed by atoms with E-state index >= 15 is 0 Å². The van der Waals surface area contributed by atoms with Crippen LogP contribution in [0.2, 0.25) is 0 Å². The summed E-state index contributed by atoms with van der Waals surface area (Å²) in [4.78, 5) is 12.0. The molecule has 0 spiro atoms. The first kappa shape index (κ1) is 12.1. The average molecular weight is 313 g/mol. The topological polar surface area (TPSA) is 35.5 Å². The molecule has 0 saturated carbocycles. The fourth-order valence-electron chi connectivity index (χ4n) is 1.27. The largest absolute Gasteiger partial charge is 0.465 e. The Morgan fingerprint density at radius 2 is 2.00 bits per heavy atom. The van der Waals surface area contributed by atoms with Crippen molar-refractivity contribution in [2.24, 2.45) is 0 Å². The van der Waals surface area contributed by atoms with Crippen LogP contribution in [0.4, 0.5) is 0 Å². The van der Waals surface area contributed by atoms with Crippen LogP contribution in [0.15, 0.2) is 40.2 Å². The molecule has 0 N–H and O–H groups in total. The molecule has 2 aromatic rings. The van der Waals surface area contributed by atoms with Crippen LogP contribution < -0.4 is 4.74 Å². The summed E-state index contributed by atoms with van der Waals surface area (Å²) in [6.45, 7) is 0. The summed E-state index contributed by atoms with van der Waals surface area (Å²) >= 11 is 4.61. The number of carbonyl (C=O) groups excluding carboxylic acids is 1. The van der Waals surface area contributed by atoms with Gasteiger partial charge in [0.05, 0.1) is 10.9 Å². The molecule has 5 heteroatoms. The van der Waals surface area contributed by atoms with E-state index < -0.39 is 5.97 Å². The van der Waals surface area contributed by atoms with Crippen molar-refractivity contribution in [2.75, 3.05) is 7.11 Å². The summed E-state index contributed by atoms with van der Waals surface area (Å²) in [6, 6.07) is 11.0. The zero-order chi connectivity index (χ0) is 12.3. The minimum absolute atomic E-state index is 0.397. The van der Waals surface area contributed by atoms with Crippen LogP contribution in [0.1, 0.15) is 9.67 Å². The van der Waals surface area contributed by atoms with E-state index in [9.17, 15) is 4.79 Å². The Hall–Kier alpha value is -1.33. The van der Waals surface area contributed by atoms with Crippen molar-refractivity contribution in [1.82, 2.24) is 0 Å². The Kier molecular flexibility index (Phi) is 3.81. The van der Waals surface area contributed by atoms with Crippen LogP contribution in [0.25, 0.3) is 0 Å². The summed E-state index contributed by atoms with van der Waals surface area (Å²) < 4.78 is 11.2. The van der Waals surface area contributed by atoms with E-state index in [1.54, 1.807) is 6.07 Å². The Balaban J connectivity index is 2.30. The maximum absolute atomic E-state index is 11.5. The van der Waals surface area contributed by atoms with Crippen molar-refractivity contribution in [3.8, 4) is 11.5 Å². The first-order valence-corrected chi connectivity index (χ1v) is 6.42. The van der Waals surface area contributed by atoms with Gasteiger partial charge < -0.3 is 9.47 Å². The molecule has 0 radical (unpaired) electrons. The Bertz CT molecular complexity index is 522. The third-order valence-corrected chi connectivity index (χ3v) is 3.61. The molecule has 0 aliphatic carbocycles. The van der Waals surface area contributed by atoms with Gasteiger partial charge >= 0.3 is 5.97 Å². The monoisotopic (exact) mass is 312 g/mol. The van der Waals surface area contributed by atoms with E-state index in [-0.39, 0.29) is 0 Å². The average Bonchev–Trinajstić information content (AvgIpc) is 2.70. The molecule has 0 saturated heterocycles. The van der Waals surface area contributed by atoms with Crippen molar-refractivity contribution >= 4 is 33.2 Å². The zero-order valence-corrected chi connectivity index (χ0v) is 11.4. The number of ether oxygens (including phenoxy) is 2. The molecule has 1 heterocycles. The van der Waals surface area contributed by atoms with Crippen LogP contribution >= 0.6 is 27.3 Å². The number of rotatable bonds is 3. The SMILES string of the molecule is COC(=O)c1sc(Br)cc1Oc1ccccc1. The lowest BCUT2D eigenvalue weighted by Gasteiger charge is -2.04. The van der Waals surface area contributed by atoms with E-state index in [0.717, 1.165) is 3.79 Å². The Morgan fingerprint density at radius 1 is 1.29 bits per heavy atom. The van der Waals surface area contributed by atoms with E-state index in [1.807, 2.05) is 30.3 Å². The zero-order valence-electron chi connectivity index (χ0n) is 8.98. The van der Waals surface area contributed by atoms with E-state index in [1.165, 1.54) is 18.4 Å². The molecule has 0 bridgehead atoms. The minimum Gasteiger partial charge on any atom is -0.465 e. The fraction of sp³-hybridized carbons (Fsp3) is 0.0833. The number of para-hydroxylation sites is 1. The van der Waals surface area contributed by atoms with Gasteiger partial charge in [0, 0.05) is 6.07 Å². The molecular weight excluding hydrogens is 304 g/mol. The highest BCUT2D eigenvalue weighted by atomic mass is 79.9. The molecule has 2 rings (SSSR count). The molecule has 17 heavy (non-hydrogen) atoms. The molecule has 0 fully saturated rings. The molecule has 0 atom stereocenters. The number of esters is 1. The number of thiophene rings is 1. The van der Waals surface area contributed by atoms with Crippen LogP contribution in [-0.4, -0.2) is 13.1 Å². The fourth-order valence-corrected chi connectivity index (χ4v) is 2.69. The second-order valence-electron chi connectivity index (χ2n) is 3.15. The summed E-state index contributed by atoms with van der Waals surface area (Å²) in [5.74, 6) is 0.787. The van der Waals surface area contributed by atoms with Gasteiger partial charge in [-0.25, -0.2) is 4.79 Å². The van der Waals surface area contributed by atoms with Crippen LogP contribution in [0.5, 0.6) is 11.5 Å². The minimum atomic E-state index is -0.397. The predicted molar refractivity (Wildman–Crippen MR) is 69.9 cm³/mol. The van der Waals surface area contributed by atoms with Crippen molar-refractivity contribution < 1.29 is 14.3 Å². The van der Waals surface area contributed by atoms with Gasteiger partial charge in [0.25, 0.3) is 0 Å². The van der Waals surface area contributed by atoms with Crippen molar-refractivity contribution in [1.29, 1.82) is 0 Å². The highest BCUT2D eigenvalue weighted by molar-refractivity contribution is 9.11. The first-order chi connectivity index (χ1) is 8.20. The van der Waals surface area contributed by atoms with Gasteiger partial charge in [0.2, 0.25) is 0 Å². The van der Waals surface area contributed by atoms with Gasteiger partial charge in [0.15, 0.2) is 10.6 Å². The standard InChI is InChI=1S/C12H9BrO3S/c1-15-12(14)11-9(7-10(13)17-11)16-8-5-3-2-4-6-8/h2-7H,1H3. The van der Waals surface area contributed by atoms with Gasteiger partial charge in [-0.3, -0.25) is 0 Å². The lowest BCUT2D eigenvalue weighted by Crippen LogP contribution is -1.99. The second kappa shape index (κ2) is 5.33. The molecule has 0 aliphatic rings. The lowest BCUT2D eigenvalue weighted by molar-refractivity contribution is 0.0604. The van der Waals surface area contributed by atoms with E-state index in [0.29, 0.717) is 16.4 Å². The number of halogens is 1. The van der Waals surface area contributed by atoms with Crippen LogP contribution in [0, 0.1) is 0 Å². The molecule has 88 valence electrons. The molecule has 0 amide bonds. The summed E-state index contributed by atoms with van der Waals surface area (Å²) in [7, 11) is 1.35. The van der Waals surface area contributed by atoms with Crippen molar-refractivity contribution in [2.45, 2.75) is 0 Å². The molecule has 1 aromatic carbocycles. The van der Waals surface area contributed by atoms with Gasteiger partial charge in [-0.2, -0.15) is 0 Å². The molecular formula is C12H9BrO3S. The van der Waals surface area contributed by atoms with E-state index in [2.05, 4.69) is 15.9 Å². The highest BCUT2D eigenvalue weighted by Gasteiger charge is 2.17. The van der Waals surface area contributed by atoms with Crippen LogP contribution in [-0.2, 0) is 4.74 Å². The summed E-state index contributed by atoms with van der Waals surface area (Å²) in [6.07, 6.45) is 0. The number of methoxy groups -OCH3 is 1.